The van der Waals surface area contributed by atoms with Gasteiger partial charge in [0.1, 0.15) is 10.5 Å². The molecule has 2 aromatic heterocycles. The number of H-pyrrole nitrogens is 1. The van der Waals surface area contributed by atoms with Gasteiger partial charge in [-0.1, -0.05) is 6.92 Å². The minimum atomic E-state index is -0.0606. The number of rotatable bonds is 4. The van der Waals surface area contributed by atoms with Crippen LogP contribution in [0.2, 0.25) is 0 Å². The van der Waals surface area contributed by atoms with Crippen molar-refractivity contribution in [2.75, 3.05) is 26.2 Å². The van der Waals surface area contributed by atoms with Gasteiger partial charge in [0.25, 0.3) is 5.56 Å². The molecule has 7 heteroatoms. The fourth-order valence-electron chi connectivity index (χ4n) is 2.96. The van der Waals surface area contributed by atoms with Crippen molar-refractivity contribution >= 4 is 27.5 Å². The van der Waals surface area contributed by atoms with E-state index in [1.165, 1.54) is 11.3 Å². The zero-order chi connectivity index (χ0) is 16.2. The molecule has 0 radical (unpaired) electrons. The van der Waals surface area contributed by atoms with Gasteiger partial charge in [0, 0.05) is 32.6 Å². The van der Waals surface area contributed by atoms with E-state index in [0.29, 0.717) is 23.5 Å². The Morgan fingerprint density at radius 3 is 3.04 bits per heavy atom. The number of aromatic amines is 1. The first kappa shape index (κ1) is 16.1. The monoisotopic (exact) mass is 334 g/mol. The molecular weight excluding hydrogens is 312 g/mol. The molecular formula is C16H22N4O2S. The summed E-state index contributed by atoms with van der Waals surface area (Å²) in [5.74, 6) is 0.954. The average Bonchev–Trinajstić information content (AvgIpc) is 2.87. The number of hydrogen-bond donors (Lipinski definition) is 1. The van der Waals surface area contributed by atoms with Crippen molar-refractivity contribution < 1.29 is 4.79 Å². The fraction of sp³-hybridized carbons (Fsp3) is 0.562. The first-order valence-corrected chi connectivity index (χ1v) is 9.02. The summed E-state index contributed by atoms with van der Waals surface area (Å²) in [6.45, 7) is 5.97. The van der Waals surface area contributed by atoms with Gasteiger partial charge in [-0.25, -0.2) is 4.98 Å². The second-order valence-electron chi connectivity index (χ2n) is 5.91. The Kier molecular flexibility index (Phi) is 5.07. The number of fused-ring (bicyclic) bond motifs is 1. The van der Waals surface area contributed by atoms with Crippen LogP contribution in [0.15, 0.2) is 16.2 Å². The number of aromatic nitrogens is 2. The SMILES string of the molecule is CCCC(=O)N1CCCN(Cc2nc3ccsc3c(=O)[nH]2)CC1. The maximum absolute atomic E-state index is 12.0. The van der Waals surface area contributed by atoms with E-state index in [2.05, 4.69) is 14.9 Å². The predicted octanol–water partition coefficient (Wildman–Crippen LogP) is 1.82. The van der Waals surface area contributed by atoms with Gasteiger partial charge in [0.15, 0.2) is 0 Å². The zero-order valence-corrected chi connectivity index (χ0v) is 14.2. The Bertz CT molecular complexity index is 739. The van der Waals surface area contributed by atoms with Crippen molar-refractivity contribution in [2.24, 2.45) is 0 Å². The van der Waals surface area contributed by atoms with Crippen LogP contribution in [0.25, 0.3) is 10.2 Å². The second kappa shape index (κ2) is 7.23. The Morgan fingerprint density at radius 2 is 2.22 bits per heavy atom. The van der Waals surface area contributed by atoms with Gasteiger partial charge in [-0.05, 0) is 24.3 Å². The maximum Gasteiger partial charge on any atom is 0.268 e. The van der Waals surface area contributed by atoms with E-state index in [0.717, 1.165) is 44.5 Å². The van der Waals surface area contributed by atoms with E-state index >= 15 is 0 Å². The third-order valence-electron chi connectivity index (χ3n) is 4.14. The third-order valence-corrected chi connectivity index (χ3v) is 5.04. The highest BCUT2D eigenvalue weighted by Gasteiger charge is 2.19. The number of amides is 1. The molecule has 0 aliphatic carbocycles. The molecule has 2 aromatic rings. The first-order valence-electron chi connectivity index (χ1n) is 8.14. The quantitative estimate of drug-likeness (QED) is 0.926. The molecule has 3 heterocycles. The van der Waals surface area contributed by atoms with Gasteiger partial charge in [-0.3, -0.25) is 14.5 Å². The summed E-state index contributed by atoms with van der Waals surface area (Å²) >= 11 is 1.42. The summed E-state index contributed by atoms with van der Waals surface area (Å²) in [6, 6.07) is 1.88. The molecule has 23 heavy (non-hydrogen) atoms. The van der Waals surface area contributed by atoms with E-state index in [-0.39, 0.29) is 11.5 Å². The summed E-state index contributed by atoms with van der Waals surface area (Å²) in [5.41, 5.74) is 0.706. The number of carbonyl (C=O) groups is 1. The van der Waals surface area contributed by atoms with E-state index in [9.17, 15) is 9.59 Å². The van der Waals surface area contributed by atoms with Crippen LogP contribution in [0, 0.1) is 0 Å². The molecule has 0 aromatic carbocycles. The highest BCUT2D eigenvalue weighted by atomic mass is 32.1. The molecule has 1 fully saturated rings. The number of hydrogen-bond acceptors (Lipinski definition) is 5. The van der Waals surface area contributed by atoms with Crippen LogP contribution in [0.1, 0.15) is 32.0 Å². The maximum atomic E-state index is 12.0. The standard InChI is InChI=1S/C16H22N4O2S/c1-2-4-14(21)20-7-3-6-19(8-9-20)11-13-17-12-5-10-23-15(12)16(22)18-13/h5,10H,2-4,6-9,11H2,1H3,(H,17,18,22). The van der Waals surface area contributed by atoms with Crippen LogP contribution in [0.3, 0.4) is 0 Å². The van der Waals surface area contributed by atoms with Crippen molar-refractivity contribution in [1.82, 2.24) is 19.8 Å². The number of nitrogens with zero attached hydrogens (tertiary/aromatic N) is 3. The largest absolute Gasteiger partial charge is 0.341 e. The molecule has 1 aliphatic heterocycles. The van der Waals surface area contributed by atoms with Crippen LogP contribution < -0.4 is 5.56 Å². The van der Waals surface area contributed by atoms with Crippen molar-refractivity contribution in [2.45, 2.75) is 32.7 Å². The normalized spacial score (nSPS) is 16.7. The van der Waals surface area contributed by atoms with Crippen LogP contribution in [0.5, 0.6) is 0 Å². The van der Waals surface area contributed by atoms with Gasteiger partial charge < -0.3 is 9.88 Å². The molecule has 0 spiro atoms. The molecule has 0 unspecified atom stereocenters. The van der Waals surface area contributed by atoms with E-state index in [1.54, 1.807) is 0 Å². The lowest BCUT2D eigenvalue weighted by Gasteiger charge is -2.21. The van der Waals surface area contributed by atoms with Crippen LogP contribution in [-0.2, 0) is 11.3 Å². The summed E-state index contributed by atoms with van der Waals surface area (Å²) in [5, 5.41) is 1.89. The van der Waals surface area contributed by atoms with Crippen molar-refractivity contribution in [3.63, 3.8) is 0 Å². The van der Waals surface area contributed by atoms with E-state index < -0.39 is 0 Å². The number of thiophene rings is 1. The van der Waals surface area contributed by atoms with Gasteiger partial charge in [0.05, 0.1) is 12.1 Å². The molecule has 1 aliphatic rings. The number of carbonyl (C=O) groups excluding carboxylic acids is 1. The first-order chi connectivity index (χ1) is 11.2. The van der Waals surface area contributed by atoms with Crippen LogP contribution in [-0.4, -0.2) is 51.9 Å². The van der Waals surface area contributed by atoms with Gasteiger partial charge in [-0.2, -0.15) is 0 Å². The molecule has 3 rings (SSSR count). The van der Waals surface area contributed by atoms with Gasteiger partial charge in [0.2, 0.25) is 5.91 Å². The predicted molar refractivity (Wildman–Crippen MR) is 91.6 cm³/mol. The minimum Gasteiger partial charge on any atom is -0.341 e. The van der Waals surface area contributed by atoms with Crippen molar-refractivity contribution in [3.05, 3.63) is 27.6 Å². The molecule has 1 saturated heterocycles. The Labute approximate surface area is 139 Å². The molecule has 124 valence electrons. The molecule has 0 atom stereocenters. The summed E-state index contributed by atoms with van der Waals surface area (Å²) in [7, 11) is 0. The lowest BCUT2D eigenvalue weighted by Crippen LogP contribution is -2.35. The lowest BCUT2D eigenvalue weighted by atomic mass is 10.3. The Morgan fingerprint density at radius 1 is 1.35 bits per heavy atom. The van der Waals surface area contributed by atoms with Crippen molar-refractivity contribution in [3.8, 4) is 0 Å². The zero-order valence-electron chi connectivity index (χ0n) is 13.4. The molecule has 0 saturated carbocycles. The smallest absolute Gasteiger partial charge is 0.268 e. The highest BCUT2D eigenvalue weighted by Crippen LogP contribution is 2.15. The second-order valence-corrected chi connectivity index (χ2v) is 6.82. The number of nitrogens with one attached hydrogen (secondary N) is 1. The Hall–Kier alpha value is -1.73. The van der Waals surface area contributed by atoms with Crippen LogP contribution in [0.4, 0.5) is 0 Å². The van der Waals surface area contributed by atoms with Crippen LogP contribution >= 0.6 is 11.3 Å². The average molecular weight is 334 g/mol. The summed E-state index contributed by atoms with van der Waals surface area (Å²) < 4.78 is 0.681. The summed E-state index contributed by atoms with van der Waals surface area (Å²) in [4.78, 5) is 35.7. The fourth-order valence-corrected chi connectivity index (χ4v) is 3.68. The van der Waals surface area contributed by atoms with Gasteiger partial charge in [-0.15, -0.1) is 11.3 Å². The molecule has 1 amide bonds. The van der Waals surface area contributed by atoms with Gasteiger partial charge >= 0.3 is 0 Å². The lowest BCUT2D eigenvalue weighted by molar-refractivity contribution is -0.131. The van der Waals surface area contributed by atoms with Crippen molar-refractivity contribution in [1.29, 1.82) is 0 Å². The topological polar surface area (TPSA) is 69.3 Å². The summed E-state index contributed by atoms with van der Waals surface area (Å²) in [6.07, 6.45) is 2.48. The Balaban J connectivity index is 1.65. The molecule has 0 bridgehead atoms. The van der Waals surface area contributed by atoms with E-state index in [4.69, 9.17) is 0 Å². The third kappa shape index (κ3) is 3.79. The van der Waals surface area contributed by atoms with E-state index in [1.807, 2.05) is 23.3 Å². The minimum absolute atomic E-state index is 0.0606. The molecule has 6 nitrogen and oxygen atoms in total. The molecule has 1 N–H and O–H groups in total. The highest BCUT2D eigenvalue weighted by molar-refractivity contribution is 7.17.